The Morgan fingerprint density at radius 1 is 1.19 bits per heavy atom. The molecule has 2 atom stereocenters. The monoisotopic (exact) mass is 350 g/mol. The van der Waals surface area contributed by atoms with Crippen LogP contribution in [0.25, 0.3) is 17.0 Å². The summed E-state index contributed by atoms with van der Waals surface area (Å²) in [4.78, 5) is 9.30. The molecule has 0 aromatic carbocycles. The number of nitrogens with zero attached hydrogens (tertiary/aromatic N) is 3. The number of imidazole rings is 1. The highest BCUT2D eigenvalue weighted by Crippen LogP contribution is 2.42. The minimum absolute atomic E-state index is 0.121. The number of nitrogens with one attached hydrogen (secondary N) is 1. The number of fused-ring (bicyclic) bond motifs is 1. The van der Waals surface area contributed by atoms with Crippen molar-refractivity contribution in [3.05, 3.63) is 47.8 Å². The number of alkyl halides is 1. The molecule has 1 N–H and O–H groups in total. The average molecular weight is 350 g/mol. The summed E-state index contributed by atoms with van der Waals surface area (Å²) in [6, 6.07) is 7.92. The van der Waals surface area contributed by atoms with E-state index in [1.165, 1.54) is 24.0 Å². The lowest BCUT2D eigenvalue weighted by atomic mass is 10.1. The maximum Gasteiger partial charge on any atom is 0.137 e. The summed E-state index contributed by atoms with van der Waals surface area (Å²) >= 11 is 0. The lowest BCUT2D eigenvalue weighted by molar-refractivity contribution is 0.323. The SMILES string of the molecule is Cc1cc2ncc(-c3cccc(N[C@H]4CCC[C@@H]4F)n3)n2cc1C1CC1. The van der Waals surface area contributed by atoms with Gasteiger partial charge in [-0.15, -0.1) is 0 Å². The molecule has 0 radical (unpaired) electrons. The number of aryl methyl sites for hydroxylation is 1. The van der Waals surface area contributed by atoms with E-state index in [2.05, 4.69) is 33.9 Å². The van der Waals surface area contributed by atoms with E-state index < -0.39 is 6.17 Å². The van der Waals surface area contributed by atoms with Gasteiger partial charge in [0, 0.05) is 6.20 Å². The normalized spacial score (nSPS) is 22.8. The zero-order valence-corrected chi connectivity index (χ0v) is 15.0. The second-order valence-corrected chi connectivity index (χ2v) is 7.66. The fraction of sp³-hybridized carbons (Fsp3) is 0.429. The van der Waals surface area contributed by atoms with E-state index in [4.69, 9.17) is 4.98 Å². The highest BCUT2D eigenvalue weighted by atomic mass is 19.1. The average Bonchev–Trinajstić information content (AvgIpc) is 3.29. The van der Waals surface area contributed by atoms with E-state index in [0.717, 1.165) is 35.7 Å². The molecule has 3 aromatic rings. The number of hydrogen-bond acceptors (Lipinski definition) is 3. The van der Waals surface area contributed by atoms with Crippen LogP contribution >= 0.6 is 0 Å². The van der Waals surface area contributed by atoms with E-state index in [-0.39, 0.29) is 6.04 Å². The highest BCUT2D eigenvalue weighted by Gasteiger charge is 2.27. The molecule has 134 valence electrons. The van der Waals surface area contributed by atoms with Crippen LogP contribution in [-0.4, -0.2) is 26.6 Å². The second kappa shape index (κ2) is 6.08. The van der Waals surface area contributed by atoms with E-state index in [9.17, 15) is 4.39 Å². The van der Waals surface area contributed by atoms with Crippen LogP contribution in [0.2, 0.25) is 0 Å². The maximum atomic E-state index is 13.9. The first-order valence-electron chi connectivity index (χ1n) is 9.55. The molecule has 0 spiro atoms. The Morgan fingerprint density at radius 3 is 2.85 bits per heavy atom. The van der Waals surface area contributed by atoms with Crippen LogP contribution in [0.1, 0.15) is 49.1 Å². The minimum atomic E-state index is -0.777. The van der Waals surface area contributed by atoms with Crippen molar-refractivity contribution in [2.45, 2.75) is 57.2 Å². The topological polar surface area (TPSA) is 42.2 Å². The number of hydrogen-bond donors (Lipinski definition) is 1. The molecule has 26 heavy (non-hydrogen) atoms. The van der Waals surface area contributed by atoms with E-state index in [1.807, 2.05) is 24.4 Å². The van der Waals surface area contributed by atoms with Crippen LogP contribution in [0.3, 0.4) is 0 Å². The van der Waals surface area contributed by atoms with Gasteiger partial charge < -0.3 is 5.32 Å². The molecule has 2 aliphatic rings. The maximum absolute atomic E-state index is 13.9. The molecule has 0 aliphatic heterocycles. The molecule has 2 saturated carbocycles. The van der Waals surface area contributed by atoms with Crippen LogP contribution in [0.5, 0.6) is 0 Å². The Bertz CT molecular complexity index is 960. The van der Waals surface area contributed by atoms with Gasteiger partial charge in [-0.1, -0.05) is 6.07 Å². The fourth-order valence-corrected chi connectivity index (χ4v) is 4.07. The van der Waals surface area contributed by atoms with Gasteiger partial charge >= 0.3 is 0 Å². The summed E-state index contributed by atoms with van der Waals surface area (Å²) in [5, 5.41) is 3.27. The van der Waals surface area contributed by atoms with Crippen molar-refractivity contribution in [2.24, 2.45) is 0 Å². The first-order valence-corrected chi connectivity index (χ1v) is 9.55. The molecule has 3 heterocycles. The van der Waals surface area contributed by atoms with Crippen LogP contribution in [0.4, 0.5) is 10.2 Å². The van der Waals surface area contributed by atoms with Crippen molar-refractivity contribution >= 4 is 11.5 Å². The van der Waals surface area contributed by atoms with Gasteiger partial charge in [0.2, 0.25) is 0 Å². The number of anilines is 1. The lowest BCUT2D eigenvalue weighted by Crippen LogP contribution is -2.25. The molecular formula is C21H23FN4. The lowest BCUT2D eigenvalue weighted by Gasteiger charge is -2.16. The van der Waals surface area contributed by atoms with Crippen molar-refractivity contribution in [3.63, 3.8) is 0 Å². The largest absolute Gasteiger partial charge is 0.364 e. The Hall–Kier alpha value is -2.43. The third-order valence-corrected chi connectivity index (χ3v) is 5.69. The Morgan fingerprint density at radius 2 is 2.08 bits per heavy atom. The summed E-state index contributed by atoms with van der Waals surface area (Å²) in [6.45, 7) is 2.17. The van der Waals surface area contributed by atoms with Crippen molar-refractivity contribution in [1.82, 2.24) is 14.4 Å². The number of aromatic nitrogens is 3. The van der Waals surface area contributed by atoms with Crippen molar-refractivity contribution in [3.8, 4) is 11.4 Å². The molecule has 0 bridgehead atoms. The zero-order valence-electron chi connectivity index (χ0n) is 15.0. The van der Waals surface area contributed by atoms with Gasteiger partial charge in [-0.3, -0.25) is 4.40 Å². The zero-order chi connectivity index (χ0) is 17.7. The Kier molecular flexibility index (Phi) is 3.69. The van der Waals surface area contributed by atoms with E-state index in [0.29, 0.717) is 12.3 Å². The van der Waals surface area contributed by atoms with E-state index >= 15 is 0 Å². The van der Waals surface area contributed by atoms with Crippen LogP contribution in [0.15, 0.2) is 36.7 Å². The van der Waals surface area contributed by atoms with Crippen molar-refractivity contribution in [2.75, 3.05) is 5.32 Å². The molecular weight excluding hydrogens is 327 g/mol. The predicted octanol–water partition coefficient (Wildman–Crippen LogP) is 4.88. The van der Waals surface area contributed by atoms with Gasteiger partial charge in [0.05, 0.1) is 23.6 Å². The highest BCUT2D eigenvalue weighted by molar-refractivity contribution is 5.63. The summed E-state index contributed by atoms with van der Waals surface area (Å²) < 4.78 is 16.1. The summed E-state index contributed by atoms with van der Waals surface area (Å²) in [5.41, 5.74) is 5.52. The van der Waals surface area contributed by atoms with Crippen LogP contribution in [-0.2, 0) is 0 Å². The quantitative estimate of drug-likeness (QED) is 0.729. The predicted molar refractivity (Wildman–Crippen MR) is 101 cm³/mol. The number of rotatable bonds is 4. The molecule has 0 saturated heterocycles. The Balaban J connectivity index is 1.51. The van der Waals surface area contributed by atoms with Gasteiger partial charge in [0.25, 0.3) is 0 Å². The van der Waals surface area contributed by atoms with Crippen LogP contribution in [0, 0.1) is 6.92 Å². The van der Waals surface area contributed by atoms with Gasteiger partial charge in [0.1, 0.15) is 17.6 Å². The molecule has 2 fully saturated rings. The summed E-state index contributed by atoms with van der Waals surface area (Å²) in [6.07, 6.45) is 8.34. The van der Waals surface area contributed by atoms with E-state index in [1.54, 1.807) is 0 Å². The van der Waals surface area contributed by atoms with Gasteiger partial charge in [-0.25, -0.2) is 14.4 Å². The molecule has 4 nitrogen and oxygen atoms in total. The fourth-order valence-electron chi connectivity index (χ4n) is 4.07. The minimum Gasteiger partial charge on any atom is -0.364 e. The molecule has 2 aliphatic carbocycles. The smallest absolute Gasteiger partial charge is 0.137 e. The third-order valence-electron chi connectivity index (χ3n) is 5.69. The first-order chi connectivity index (χ1) is 12.7. The standard InChI is InChI=1S/C21H23FN4/c1-13-10-21-23-11-19(26(21)12-15(13)14-8-9-14)18-6-3-7-20(25-18)24-17-5-2-4-16(17)22/h3,6-7,10-12,14,16-17H,2,4-5,8-9H2,1H3,(H,24,25)/t16-,17-/m0/s1. The molecule has 3 aromatic heterocycles. The van der Waals surface area contributed by atoms with Crippen molar-refractivity contribution < 1.29 is 4.39 Å². The second-order valence-electron chi connectivity index (χ2n) is 7.66. The van der Waals surface area contributed by atoms with Gasteiger partial charge in [-0.2, -0.15) is 0 Å². The molecule has 0 amide bonds. The summed E-state index contributed by atoms with van der Waals surface area (Å²) in [7, 11) is 0. The molecule has 5 rings (SSSR count). The molecule has 5 heteroatoms. The first kappa shape index (κ1) is 15.8. The third kappa shape index (κ3) is 2.75. The van der Waals surface area contributed by atoms with Gasteiger partial charge in [-0.05, 0) is 74.3 Å². The summed E-state index contributed by atoms with van der Waals surface area (Å²) in [5.74, 6) is 1.43. The number of halogens is 1. The molecule has 0 unspecified atom stereocenters. The Labute approximate surface area is 152 Å². The van der Waals surface area contributed by atoms with Crippen LogP contribution < -0.4 is 5.32 Å². The number of pyridine rings is 2. The van der Waals surface area contributed by atoms with Crippen molar-refractivity contribution in [1.29, 1.82) is 0 Å². The van der Waals surface area contributed by atoms with Gasteiger partial charge in [0.15, 0.2) is 0 Å².